The number of aromatic nitrogens is 1. The third kappa shape index (κ3) is 6.18. The van der Waals surface area contributed by atoms with E-state index < -0.39 is 10.0 Å². The largest absolute Gasteiger partial charge is 0.297 e. The first-order valence-corrected chi connectivity index (χ1v) is 11.4. The molecule has 7 heteroatoms. The van der Waals surface area contributed by atoms with Gasteiger partial charge in [-0.05, 0) is 30.9 Å². The summed E-state index contributed by atoms with van der Waals surface area (Å²) in [5.41, 5.74) is 2.40. The van der Waals surface area contributed by atoms with Crippen LogP contribution in [0.4, 0.5) is 0 Å². The van der Waals surface area contributed by atoms with Gasteiger partial charge in [0, 0.05) is 31.4 Å². The molecule has 0 spiro atoms. The molecule has 1 fully saturated rings. The van der Waals surface area contributed by atoms with Gasteiger partial charge in [-0.25, -0.2) is 18.1 Å². The van der Waals surface area contributed by atoms with Gasteiger partial charge >= 0.3 is 0 Å². The van der Waals surface area contributed by atoms with Gasteiger partial charge in [-0.15, -0.1) is 11.3 Å². The third-order valence-corrected chi connectivity index (χ3v) is 6.01. The molecule has 2 aromatic rings. The standard InChI is InChI=1S/C18H25N3O2S2/c1-25(22,23)19-11-16-8-5-9-21(12-16)13-17-14-24-18(20-17)10-15-6-3-2-4-7-15/h2-4,6-7,14,16,19H,5,8-13H2,1H3. The van der Waals surface area contributed by atoms with Gasteiger partial charge in [0.2, 0.25) is 10.0 Å². The highest BCUT2D eigenvalue weighted by Crippen LogP contribution is 2.20. The van der Waals surface area contributed by atoms with Crippen molar-refractivity contribution in [2.75, 3.05) is 25.9 Å². The monoisotopic (exact) mass is 379 g/mol. The highest BCUT2D eigenvalue weighted by Gasteiger charge is 2.21. The molecular weight excluding hydrogens is 354 g/mol. The second-order valence-corrected chi connectivity index (χ2v) is 9.53. The van der Waals surface area contributed by atoms with Crippen molar-refractivity contribution < 1.29 is 8.42 Å². The lowest BCUT2D eigenvalue weighted by molar-refractivity contribution is 0.167. The topological polar surface area (TPSA) is 62.3 Å². The number of benzene rings is 1. The van der Waals surface area contributed by atoms with Crippen molar-refractivity contribution in [2.45, 2.75) is 25.8 Å². The molecule has 1 N–H and O–H groups in total. The second kappa shape index (κ2) is 8.40. The molecule has 1 aromatic carbocycles. The maximum atomic E-state index is 11.3. The number of nitrogens with zero attached hydrogens (tertiary/aromatic N) is 2. The van der Waals surface area contributed by atoms with E-state index in [-0.39, 0.29) is 0 Å². The molecule has 1 atom stereocenters. The van der Waals surface area contributed by atoms with Gasteiger partial charge in [-0.1, -0.05) is 30.3 Å². The average Bonchev–Trinajstić information content (AvgIpc) is 3.00. The van der Waals surface area contributed by atoms with E-state index in [2.05, 4.69) is 39.3 Å². The normalized spacial score (nSPS) is 19.2. The predicted molar refractivity (Wildman–Crippen MR) is 102 cm³/mol. The predicted octanol–water partition coefficient (Wildman–Crippen LogP) is 2.50. The highest BCUT2D eigenvalue weighted by atomic mass is 32.2. The number of hydrogen-bond donors (Lipinski definition) is 1. The van der Waals surface area contributed by atoms with Crippen LogP contribution in [0.15, 0.2) is 35.7 Å². The van der Waals surface area contributed by atoms with Gasteiger partial charge in [0.25, 0.3) is 0 Å². The van der Waals surface area contributed by atoms with E-state index in [1.54, 1.807) is 11.3 Å². The summed E-state index contributed by atoms with van der Waals surface area (Å²) in [7, 11) is -3.11. The lowest BCUT2D eigenvalue weighted by Crippen LogP contribution is -2.40. The van der Waals surface area contributed by atoms with Gasteiger partial charge in [-0.2, -0.15) is 0 Å². The van der Waals surface area contributed by atoms with Crippen molar-refractivity contribution >= 4 is 21.4 Å². The number of likely N-dealkylation sites (tertiary alicyclic amines) is 1. The summed E-state index contributed by atoms with van der Waals surface area (Å²) < 4.78 is 25.2. The molecule has 3 rings (SSSR count). The molecule has 0 amide bonds. The summed E-state index contributed by atoms with van der Waals surface area (Å²) in [5.74, 6) is 0.380. The quantitative estimate of drug-likeness (QED) is 0.803. The van der Waals surface area contributed by atoms with Crippen LogP contribution in [-0.4, -0.2) is 44.2 Å². The Bertz CT molecular complexity index is 775. The van der Waals surface area contributed by atoms with Crippen LogP contribution >= 0.6 is 11.3 Å². The number of piperidine rings is 1. The van der Waals surface area contributed by atoms with Crippen molar-refractivity contribution in [3.63, 3.8) is 0 Å². The Balaban J connectivity index is 1.52. The molecule has 2 heterocycles. The first kappa shape index (κ1) is 18.5. The molecule has 1 saturated heterocycles. The summed E-state index contributed by atoms with van der Waals surface area (Å²) in [5, 5.41) is 3.30. The lowest BCUT2D eigenvalue weighted by atomic mass is 9.98. The molecule has 1 aromatic heterocycles. The summed E-state index contributed by atoms with van der Waals surface area (Å²) in [6.45, 7) is 3.36. The Labute approximate surface area is 154 Å². The van der Waals surface area contributed by atoms with Gasteiger partial charge < -0.3 is 0 Å². The molecule has 25 heavy (non-hydrogen) atoms. The van der Waals surface area contributed by atoms with Gasteiger partial charge in [0.05, 0.1) is 17.0 Å². The zero-order valence-corrected chi connectivity index (χ0v) is 16.2. The maximum absolute atomic E-state index is 11.3. The second-order valence-electron chi connectivity index (χ2n) is 6.76. The zero-order chi connectivity index (χ0) is 17.7. The fourth-order valence-electron chi connectivity index (χ4n) is 3.23. The molecule has 0 radical (unpaired) electrons. The van der Waals surface area contributed by atoms with Gasteiger partial charge in [-0.3, -0.25) is 4.90 Å². The first-order valence-electron chi connectivity index (χ1n) is 8.62. The average molecular weight is 380 g/mol. The van der Waals surface area contributed by atoms with Crippen molar-refractivity contribution in [3.8, 4) is 0 Å². The molecule has 0 aliphatic carbocycles. The molecule has 0 saturated carbocycles. The summed E-state index contributed by atoms with van der Waals surface area (Å²) in [6, 6.07) is 10.4. The maximum Gasteiger partial charge on any atom is 0.208 e. The van der Waals surface area contributed by atoms with Gasteiger partial charge in [0.15, 0.2) is 0 Å². The van der Waals surface area contributed by atoms with Crippen molar-refractivity contribution in [3.05, 3.63) is 52.0 Å². The molecule has 1 unspecified atom stereocenters. The number of nitrogens with one attached hydrogen (secondary N) is 1. The fourth-order valence-corrected chi connectivity index (χ4v) is 4.59. The number of thiazole rings is 1. The van der Waals surface area contributed by atoms with Crippen LogP contribution in [0.3, 0.4) is 0 Å². The molecule has 5 nitrogen and oxygen atoms in total. The van der Waals surface area contributed by atoms with E-state index in [1.807, 2.05) is 6.07 Å². The van der Waals surface area contributed by atoms with Crippen LogP contribution < -0.4 is 4.72 Å². The van der Waals surface area contributed by atoms with Crippen LogP contribution in [0.5, 0.6) is 0 Å². The minimum Gasteiger partial charge on any atom is -0.297 e. The highest BCUT2D eigenvalue weighted by molar-refractivity contribution is 7.88. The molecule has 1 aliphatic heterocycles. The van der Waals surface area contributed by atoms with Crippen molar-refractivity contribution in [2.24, 2.45) is 5.92 Å². The Morgan fingerprint density at radius 2 is 2.12 bits per heavy atom. The number of rotatable bonds is 7. The van der Waals surface area contributed by atoms with Crippen LogP contribution in [0.1, 0.15) is 29.1 Å². The summed E-state index contributed by atoms with van der Waals surface area (Å²) in [6.07, 6.45) is 4.29. The molecule has 136 valence electrons. The number of hydrogen-bond acceptors (Lipinski definition) is 5. The molecule has 0 bridgehead atoms. The van der Waals surface area contributed by atoms with Crippen molar-refractivity contribution in [1.82, 2.24) is 14.6 Å². The summed E-state index contributed by atoms with van der Waals surface area (Å²) in [4.78, 5) is 7.16. The lowest BCUT2D eigenvalue weighted by Gasteiger charge is -2.32. The van der Waals surface area contributed by atoms with Gasteiger partial charge in [0.1, 0.15) is 0 Å². The SMILES string of the molecule is CS(=O)(=O)NCC1CCCN(Cc2csc(Cc3ccccc3)n2)C1. The van der Waals surface area contributed by atoms with Crippen LogP contribution in [0.25, 0.3) is 0 Å². The smallest absolute Gasteiger partial charge is 0.208 e. The van der Waals surface area contributed by atoms with Crippen LogP contribution in [0.2, 0.25) is 0 Å². The van der Waals surface area contributed by atoms with E-state index in [0.29, 0.717) is 12.5 Å². The first-order chi connectivity index (χ1) is 12.0. The van der Waals surface area contributed by atoms with E-state index in [0.717, 1.165) is 49.6 Å². The minimum atomic E-state index is -3.11. The van der Waals surface area contributed by atoms with E-state index >= 15 is 0 Å². The zero-order valence-electron chi connectivity index (χ0n) is 14.5. The Kier molecular flexibility index (Phi) is 6.22. The van der Waals surface area contributed by atoms with E-state index in [1.165, 1.54) is 11.8 Å². The van der Waals surface area contributed by atoms with E-state index in [4.69, 9.17) is 4.98 Å². The fraction of sp³-hybridized carbons (Fsp3) is 0.500. The van der Waals surface area contributed by atoms with Crippen LogP contribution in [0, 0.1) is 5.92 Å². The Morgan fingerprint density at radius 3 is 2.88 bits per heavy atom. The number of sulfonamides is 1. The molecular formula is C18H25N3O2S2. The van der Waals surface area contributed by atoms with Crippen molar-refractivity contribution in [1.29, 1.82) is 0 Å². The molecule has 1 aliphatic rings. The van der Waals surface area contributed by atoms with Crippen LogP contribution in [-0.2, 0) is 23.0 Å². The Hall–Kier alpha value is -1.28. The Morgan fingerprint density at radius 1 is 1.32 bits per heavy atom. The van der Waals surface area contributed by atoms with E-state index in [9.17, 15) is 8.42 Å². The third-order valence-electron chi connectivity index (χ3n) is 4.42. The summed E-state index contributed by atoms with van der Waals surface area (Å²) >= 11 is 1.72. The minimum absolute atomic E-state index is 0.380.